The lowest BCUT2D eigenvalue weighted by Gasteiger charge is -2.32. The van der Waals surface area contributed by atoms with Crippen molar-refractivity contribution in [3.63, 3.8) is 0 Å². The van der Waals surface area contributed by atoms with Gasteiger partial charge in [-0.1, -0.05) is 11.6 Å². The first-order valence-electron chi connectivity index (χ1n) is 8.98. The number of rotatable bonds is 3. The highest BCUT2D eigenvalue weighted by Crippen LogP contribution is 2.41. The zero-order valence-electron chi connectivity index (χ0n) is 15.7. The van der Waals surface area contributed by atoms with Gasteiger partial charge in [-0.05, 0) is 42.5 Å². The fourth-order valence-corrected chi connectivity index (χ4v) is 5.02. The third-order valence-electron chi connectivity index (χ3n) is 4.87. The first-order chi connectivity index (χ1) is 13.9. The van der Waals surface area contributed by atoms with Gasteiger partial charge in [0.05, 0.1) is 30.9 Å². The Morgan fingerprint density at radius 1 is 1.10 bits per heavy atom. The number of hydrogen-bond acceptors (Lipinski definition) is 6. The number of methoxy groups -OCH3 is 1. The zero-order valence-corrected chi connectivity index (χ0v) is 17.2. The third-order valence-corrected chi connectivity index (χ3v) is 6.88. The smallest absolute Gasteiger partial charge is 0.267 e. The van der Waals surface area contributed by atoms with Crippen LogP contribution in [0.2, 0.25) is 5.02 Å². The van der Waals surface area contributed by atoms with Gasteiger partial charge in [-0.3, -0.25) is 4.79 Å². The van der Waals surface area contributed by atoms with Crippen molar-refractivity contribution in [1.29, 1.82) is 0 Å². The Morgan fingerprint density at radius 2 is 1.79 bits per heavy atom. The quantitative estimate of drug-likeness (QED) is 0.739. The molecular formula is C20H19ClN2O5S. The van der Waals surface area contributed by atoms with Crippen LogP contribution in [0.1, 0.15) is 0 Å². The van der Waals surface area contributed by atoms with E-state index >= 15 is 0 Å². The molecule has 1 fully saturated rings. The molecule has 0 saturated carbocycles. The summed E-state index contributed by atoms with van der Waals surface area (Å²) in [6, 6.07) is 11.6. The number of nitrogens with zero attached hydrogens (tertiary/aromatic N) is 2. The first-order valence-corrected chi connectivity index (χ1v) is 10.8. The predicted octanol–water partition coefficient (Wildman–Crippen LogP) is 2.97. The molecule has 2 aromatic carbocycles. The highest BCUT2D eigenvalue weighted by Gasteiger charge is 2.38. The van der Waals surface area contributed by atoms with Gasteiger partial charge in [0.2, 0.25) is 9.84 Å². The number of amides is 1. The summed E-state index contributed by atoms with van der Waals surface area (Å²) >= 11 is 6.14. The fourth-order valence-electron chi connectivity index (χ4n) is 3.33. The van der Waals surface area contributed by atoms with E-state index in [2.05, 4.69) is 0 Å². The van der Waals surface area contributed by atoms with Gasteiger partial charge in [-0.15, -0.1) is 0 Å². The molecule has 0 atom stereocenters. The average Bonchev–Trinajstić information content (AvgIpc) is 2.74. The Labute approximate surface area is 174 Å². The Hall–Kier alpha value is -2.55. The van der Waals surface area contributed by atoms with Gasteiger partial charge in [0.1, 0.15) is 5.75 Å². The first kappa shape index (κ1) is 19.8. The van der Waals surface area contributed by atoms with Crippen LogP contribution in [-0.2, 0) is 19.4 Å². The van der Waals surface area contributed by atoms with Gasteiger partial charge >= 0.3 is 0 Å². The summed E-state index contributed by atoms with van der Waals surface area (Å²) in [7, 11) is -2.43. The van der Waals surface area contributed by atoms with E-state index in [0.717, 1.165) is 0 Å². The Balaban J connectivity index is 1.85. The third kappa shape index (κ3) is 3.59. The number of benzene rings is 2. The van der Waals surface area contributed by atoms with E-state index in [9.17, 15) is 13.2 Å². The van der Waals surface area contributed by atoms with Crippen LogP contribution in [0.5, 0.6) is 5.75 Å². The van der Waals surface area contributed by atoms with Gasteiger partial charge in [0, 0.05) is 30.0 Å². The topological polar surface area (TPSA) is 76.2 Å². The van der Waals surface area contributed by atoms with E-state index in [4.69, 9.17) is 21.1 Å². The molecule has 2 aliphatic heterocycles. The summed E-state index contributed by atoms with van der Waals surface area (Å²) < 4.78 is 36.9. The molecule has 2 aromatic rings. The van der Waals surface area contributed by atoms with Gasteiger partial charge < -0.3 is 19.3 Å². The molecular weight excluding hydrogens is 416 g/mol. The summed E-state index contributed by atoms with van der Waals surface area (Å²) in [6.07, 6.45) is 1.37. The number of sulfone groups is 1. The number of anilines is 2. The largest absolute Gasteiger partial charge is 0.497 e. The second-order valence-corrected chi connectivity index (χ2v) is 8.90. The normalized spacial score (nSPS) is 18.1. The van der Waals surface area contributed by atoms with E-state index in [1.165, 1.54) is 23.2 Å². The second-order valence-electron chi connectivity index (χ2n) is 6.58. The highest BCUT2D eigenvalue weighted by atomic mass is 35.5. The van der Waals surface area contributed by atoms with Gasteiger partial charge in [0.25, 0.3) is 5.91 Å². The molecule has 4 rings (SSSR count). The molecule has 29 heavy (non-hydrogen) atoms. The standard InChI is InChI=1S/C20H19ClN2O5S/c1-27-16-5-3-15(4-6-16)23-13-19(20(24)22-8-10-28-11-9-22)29(25,26)18-7-2-14(21)12-17(18)23/h2-7,12-13H,8-11H2,1H3. The molecule has 1 amide bonds. The lowest BCUT2D eigenvalue weighted by molar-refractivity contribution is -0.130. The van der Waals surface area contributed by atoms with Crippen molar-refractivity contribution in [3.8, 4) is 5.75 Å². The summed E-state index contributed by atoms with van der Waals surface area (Å²) in [6.45, 7) is 1.46. The number of fused-ring (bicyclic) bond motifs is 1. The SMILES string of the molecule is COc1ccc(N2C=C(C(=O)N3CCOCC3)S(=O)(=O)c3ccc(Cl)cc32)cc1. The summed E-state index contributed by atoms with van der Waals surface area (Å²) in [5, 5.41) is 0.397. The summed E-state index contributed by atoms with van der Waals surface area (Å²) in [5.41, 5.74) is 1.07. The van der Waals surface area contributed by atoms with Crippen molar-refractivity contribution < 1.29 is 22.7 Å². The lowest BCUT2D eigenvalue weighted by Crippen LogP contribution is -2.43. The van der Waals surface area contributed by atoms with Gasteiger partial charge in [-0.25, -0.2) is 8.42 Å². The van der Waals surface area contributed by atoms with Crippen molar-refractivity contribution in [3.05, 3.63) is 58.6 Å². The molecule has 2 heterocycles. The Kier molecular flexibility index (Phi) is 5.24. The summed E-state index contributed by atoms with van der Waals surface area (Å²) in [5.74, 6) is 0.130. The molecule has 7 nitrogen and oxygen atoms in total. The van der Waals surface area contributed by atoms with Crippen LogP contribution in [0, 0.1) is 0 Å². The molecule has 0 unspecified atom stereocenters. The second kappa shape index (κ2) is 7.70. The molecule has 0 aliphatic carbocycles. The van der Waals surface area contributed by atoms with Crippen molar-refractivity contribution in [2.45, 2.75) is 4.90 Å². The van der Waals surface area contributed by atoms with Crippen LogP contribution >= 0.6 is 11.6 Å². The van der Waals surface area contributed by atoms with Crippen molar-refractivity contribution in [2.75, 3.05) is 38.3 Å². The lowest BCUT2D eigenvalue weighted by atomic mass is 10.2. The molecule has 0 spiro atoms. The molecule has 9 heteroatoms. The van der Waals surface area contributed by atoms with Crippen LogP contribution in [0.25, 0.3) is 0 Å². The number of ether oxygens (including phenoxy) is 2. The van der Waals surface area contributed by atoms with Gasteiger partial charge in [-0.2, -0.15) is 0 Å². The molecule has 152 valence electrons. The minimum absolute atomic E-state index is 0.0387. The predicted molar refractivity (Wildman–Crippen MR) is 109 cm³/mol. The zero-order chi connectivity index (χ0) is 20.6. The molecule has 1 saturated heterocycles. The highest BCUT2D eigenvalue weighted by molar-refractivity contribution is 7.96. The fraction of sp³-hybridized carbons (Fsp3) is 0.250. The maximum atomic E-state index is 13.2. The minimum Gasteiger partial charge on any atom is -0.497 e. The molecule has 0 bridgehead atoms. The van der Waals surface area contributed by atoms with E-state index in [0.29, 0.717) is 48.5 Å². The van der Waals surface area contributed by atoms with E-state index in [1.807, 2.05) is 0 Å². The van der Waals surface area contributed by atoms with Crippen LogP contribution < -0.4 is 9.64 Å². The van der Waals surface area contributed by atoms with Crippen molar-refractivity contribution >= 4 is 38.7 Å². The average molecular weight is 435 g/mol. The minimum atomic E-state index is -4.00. The number of carbonyl (C=O) groups is 1. The maximum Gasteiger partial charge on any atom is 0.267 e. The van der Waals surface area contributed by atoms with Crippen LogP contribution in [0.15, 0.2) is 58.5 Å². The van der Waals surface area contributed by atoms with E-state index in [1.54, 1.807) is 42.3 Å². The number of halogens is 1. The van der Waals surface area contributed by atoms with Gasteiger partial charge in [0.15, 0.2) is 4.91 Å². The van der Waals surface area contributed by atoms with Crippen LogP contribution in [-0.4, -0.2) is 52.6 Å². The van der Waals surface area contributed by atoms with Crippen molar-refractivity contribution in [1.82, 2.24) is 4.90 Å². The number of morpholine rings is 1. The Morgan fingerprint density at radius 3 is 2.45 bits per heavy atom. The Bertz CT molecular complexity index is 1080. The van der Waals surface area contributed by atoms with E-state index < -0.39 is 15.7 Å². The van der Waals surface area contributed by atoms with Crippen LogP contribution in [0.3, 0.4) is 0 Å². The molecule has 2 aliphatic rings. The summed E-state index contributed by atoms with van der Waals surface area (Å²) in [4.78, 5) is 16.0. The van der Waals surface area contributed by atoms with E-state index in [-0.39, 0.29) is 9.80 Å². The monoisotopic (exact) mass is 434 g/mol. The molecule has 0 radical (unpaired) electrons. The maximum absolute atomic E-state index is 13.2. The van der Waals surface area contributed by atoms with Crippen molar-refractivity contribution in [2.24, 2.45) is 0 Å². The molecule has 0 aromatic heterocycles. The number of hydrogen-bond donors (Lipinski definition) is 0. The molecule has 0 N–H and O–H groups in total. The number of carbonyl (C=O) groups excluding carboxylic acids is 1. The van der Waals surface area contributed by atoms with Crippen LogP contribution in [0.4, 0.5) is 11.4 Å².